The van der Waals surface area contributed by atoms with Gasteiger partial charge in [0.1, 0.15) is 13.2 Å². The van der Waals surface area contributed by atoms with Gasteiger partial charge in [0.2, 0.25) is 0 Å². The third-order valence-electron chi connectivity index (χ3n) is 14.6. The molecule has 472 valence electrons. The molecule has 0 saturated carbocycles. The first-order chi connectivity index (χ1) is 41.0. The predicted molar refractivity (Wildman–Crippen MR) is 362 cm³/mol. The minimum absolute atomic E-state index is 0.104. The van der Waals surface area contributed by atoms with Crippen molar-refractivity contribution >= 4 is 17.9 Å². The second-order valence-electron chi connectivity index (χ2n) is 22.7. The summed E-state index contributed by atoms with van der Waals surface area (Å²) in [4.78, 5) is 38.4. The molecule has 0 fully saturated rings. The number of carbonyl (C=O) groups is 3. The van der Waals surface area contributed by atoms with Gasteiger partial charge in [-0.25, -0.2) is 0 Å². The highest BCUT2D eigenvalue weighted by molar-refractivity contribution is 5.71. The van der Waals surface area contributed by atoms with Crippen molar-refractivity contribution in [2.45, 2.75) is 322 Å². The molecule has 0 radical (unpaired) electrons. The van der Waals surface area contributed by atoms with Crippen molar-refractivity contribution in [2.24, 2.45) is 0 Å². The SMILES string of the molecule is CC/C=C\C/C=C\C/C=C\C/C=C\C/C=C\CCCCCCCCCCCCCCCCCCCC(=O)OCC(COC(=O)CCCCCCC/C=C\CCCCCCCC)OC(=O)CCC/C=C\C/C=C\C/C=C\C/C=C\C/C=C\CC. The molecule has 0 aromatic rings. The van der Waals surface area contributed by atoms with Crippen LogP contribution in [0.5, 0.6) is 0 Å². The number of carbonyl (C=O) groups excluding carboxylic acids is 3. The van der Waals surface area contributed by atoms with Crippen molar-refractivity contribution < 1.29 is 28.6 Å². The van der Waals surface area contributed by atoms with Gasteiger partial charge in [-0.05, 0) is 128 Å². The van der Waals surface area contributed by atoms with E-state index < -0.39 is 6.10 Å². The molecule has 0 aromatic heterocycles. The number of esters is 3. The summed E-state index contributed by atoms with van der Waals surface area (Å²) >= 11 is 0. The molecule has 0 N–H and O–H groups in total. The van der Waals surface area contributed by atoms with Gasteiger partial charge in [-0.15, -0.1) is 0 Å². The zero-order valence-corrected chi connectivity index (χ0v) is 54.2. The summed E-state index contributed by atoms with van der Waals surface area (Å²) in [6, 6.07) is 0. The maximum Gasteiger partial charge on any atom is 0.306 e. The van der Waals surface area contributed by atoms with E-state index in [0.29, 0.717) is 19.3 Å². The molecule has 0 aliphatic heterocycles. The Balaban J connectivity index is 4.27. The average molecular weight is 1150 g/mol. The number of unbranched alkanes of at least 4 members (excludes halogenated alkanes) is 29. The molecule has 1 atom stereocenters. The van der Waals surface area contributed by atoms with Crippen molar-refractivity contribution in [2.75, 3.05) is 13.2 Å². The number of ether oxygens (including phenoxy) is 3. The molecule has 0 rings (SSSR count). The summed E-state index contributed by atoms with van der Waals surface area (Å²) < 4.78 is 16.9. The molecule has 83 heavy (non-hydrogen) atoms. The molecule has 0 bridgehead atoms. The van der Waals surface area contributed by atoms with Gasteiger partial charge in [0.15, 0.2) is 6.10 Å². The standard InChI is InChI=1S/C77H128O6/c1-4-7-10-13-16-19-22-25-28-30-31-32-33-34-35-36-37-38-39-40-41-42-43-44-45-47-49-52-55-58-61-64-67-70-76(79)82-73-74(72-81-75(78)69-66-63-60-57-54-51-48-27-24-21-18-15-12-9-6-3)83-77(80)71-68-65-62-59-56-53-50-46-29-26-23-20-17-14-11-8-5-2/h7-8,10-11,16-17,19-20,25-29,31-32,34-35,48,50,53,59,62,74H,4-6,9,12-15,18,21-24,30,33,36-47,49,51-52,54-58,60-61,63-73H2,1-3H3/b10-7-,11-8-,19-16-,20-17-,28-25-,29-26-,32-31-,35-34-,48-27-,53-50-,62-59-. The monoisotopic (exact) mass is 1150 g/mol. The Morgan fingerprint density at radius 3 is 0.783 bits per heavy atom. The first-order valence-corrected chi connectivity index (χ1v) is 34.7. The van der Waals surface area contributed by atoms with Crippen LogP contribution >= 0.6 is 0 Å². The fourth-order valence-corrected chi connectivity index (χ4v) is 9.50. The minimum Gasteiger partial charge on any atom is -0.462 e. The van der Waals surface area contributed by atoms with Crippen LogP contribution in [0.1, 0.15) is 316 Å². The lowest BCUT2D eigenvalue weighted by molar-refractivity contribution is -0.167. The van der Waals surface area contributed by atoms with E-state index in [-0.39, 0.29) is 37.5 Å². The van der Waals surface area contributed by atoms with Crippen LogP contribution < -0.4 is 0 Å². The molecule has 0 aromatic carbocycles. The lowest BCUT2D eigenvalue weighted by Crippen LogP contribution is -2.30. The predicted octanol–water partition coefficient (Wildman–Crippen LogP) is 24.1. The molecule has 0 spiro atoms. The van der Waals surface area contributed by atoms with Crippen LogP contribution in [0.15, 0.2) is 134 Å². The van der Waals surface area contributed by atoms with Gasteiger partial charge in [-0.2, -0.15) is 0 Å². The number of hydrogen-bond acceptors (Lipinski definition) is 6. The van der Waals surface area contributed by atoms with Crippen LogP contribution in [-0.2, 0) is 28.6 Å². The molecule has 0 saturated heterocycles. The topological polar surface area (TPSA) is 78.9 Å². The lowest BCUT2D eigenvalue weighted by atomic mass is 10.0. The van der Waals surface area contributed by atoms with Crippen molar-refractivity contribution in [3.05, 3.63) is 134 Å². The van der Waals surface area contributed by atoms with Crippen LogP contribution in [-0.4, -0.2) is 37.2 Å². The van der Waals surface area contributed by atoms with Gasteiger partial charge in [0.25, 0.3) is 0 Å². The summed E-state index contributed by atoms with van der Waals surface area (Å²) in [6.07, 6.45) is 99.2. The van der Waals surface area contributed by atoms with E-state index in [9.17, 15) is 14.4 Å². The Kier molecular flexibility index (Phi) is 66.3. The van der Waals surface area contributed by atoms with Crippen LogP contribution in [0.3, 0.4) is 0 Å². The first kappa shape index (κ1) is 78.5. The van der Waals surface area contributed by atoms with Gasteiger partial charge in [0.05, 0.1) is 0 Å². The third-order valence-corrected chi connectivity index (χ3v) is 14.6. The molecule has 1 unspecified atom stereocenters. The summed E-state index contributed by atoms with van der Waals surface area (Å²) in [5, 5.41) is 0. The Bertz CT molecular complexity index is 1750. The third kappa shape index (κ3) is 68.2. The minimum atomic E-state index is -0.815. The Labute approximate surface area is 513 Å². The fraction of sp³-hybridized carbons (Fsp3) is 0.675. The number of rotatable bonds is 62. The lowest BCUT2D eigenvalue weighted by Gasteiger charge is -2.18. The highest BCUT2D eigenvalue weighted by Crippen LogP contribution is 2.16. The van der Waals surface area contributed by atoms with Crippen LogP contribution in [0.2, 0.25) is 0 Å². The maximum absolute atomic E-state index is 12.9. The van der Waals surface area contributed by atoms with Gasteiger partial charge >= 0.3 is 17.9 Å². The molecule has 6 heteroatoms. The Hall–Kier alpha value is -4.45. The average Bonchev–Trinajstić information content (AvgIpc) is 3.49. The Morgan fingerprint density at radius 1 is 0.253 bits per heavy atom. The molecule has 0 aliphatic rings. The van der Waals surface area contributed by atoms with Crippen molar-refractivity contribution in [3.8, 4) is 0 Å². The van der Waals surface area contributed by atoms with Crippen LogP contribution in [0, 0.1) is 0 Å². The van der Waals surface area contributed by atoms with E-state index in [0.717, 1.165) is 122 Å². The van der Waals surface area contributed by atoms with Crippen molar-refractivity contribution in [3.63, 3.8) is 0 Å². The smallest absolute Gasteiger partial charge is 0.306 e. The highest BCUT2D eigenvalue weighted by atomic mass is 16.6. The normalized spacial score (nSPS) is 13.0. The molecule has 0 aliphatic carbocycles. The summed E-state index contributed by atoms with van der Waals surface area (Å²) in [5.41, 5.74) is 0. The quantitative estimate of drug-likeness (QED) is 0.0261. The zero-order chi connectivity index (χ0) is 59.9. The molecule has 0 heterocycles. The van der Waals surface area contributed by atoms with Crippen LogP contribution in [0.4, 0.5) is 0 Å². The van der Waals surface area contributed by atoms with E-state index in [4.69, 9.17) is 14.2 Å². The largest absolute Gasteiger partial charge is 0.462 e. The van der Waals surface area contributed by atoms with E-state index in [1.54, 1.807) is 0 Å². The van der Waals surface area contributed by atoms with Crippen molar-refractivity contribution in [1.29, 1.82) is 0 Å². The van der Waals surface area contributed by atoms with Gasteiger partial charge in [0, 0.05) is 19.3 Å². The van der Waals surface area contributed by atoms with Crippen LogP contribution in [0.25, 0.3) is 0 Å². The second kappa shape index (κ2) is 70.0. The van der Waals surface area contributed by atoms with Gasteiger partial charge in [-0.3, -0.25) is 14.4 Å². The van der Waals surface area contributed by atoms with E-state index >= 15 is 0 Å². The van der Waals surface area contributed by atoms with Gasteiger partial charge < -0.3 is 14.2 Å². The van der Waals surface area contributed by atoms with E-state index in [1.165, 1.54) is 148 Å². The zero-order valence-electron chi connectivity index (χ0n) is 54.2. The summed E-state index contributed by atoms with van der Waals surface area (Å²) in [5.74, 6) is -0.963. The number of hydrogen-bond donors (Lipinski definition) is 0. The first-order valence-electron chi connectivity index (χ1n) is 34.7. The van der Waals surface area contributed by atoms with E-state index in [2.05, 4.69) is 154 Å². The second-order valence-corrected chi connectivity index (χ2v) is 22.7. The van der Waals surface area contributed by atoms with E-state index in [1.807, 2.05) is 0 Å². The maximum atomic E-state index is 12.9. The molecule has 0 amide bonds. The molecular formula is C77H128O6. The summed E-state index contributed by atoms with van der Waals surface area (Å²) in [7, 11) is 0. The van der Waals surface area contributed by atoms with Gasteiger partial charge in [-0.1, -0.05) is 302 Å². The number of allylic oxidation sites excluding steroid dienone is 22. The Morgan fingerprint density at radius 2 is 0.482 bits per heavy atom. The molecular weight excluding hydrogens is 1020 g/mol. The van der Waals surface area contributed by atoms with Crippen molar-refractivity contribution in [1.82, 2.24) is 0 Å². The molecule has 6 nitrogen and oxygen atoms in total. The fourth-order valence-electron chi connectivity index (χ4n) is 9.50. The highest BCUT2D eigenvalue weighted by Gasteiger charge is 2.19. The summed E-state index contributed by atoms with van der Waals surface area (Å²) in [6.45, 7) is 6.37.